The molecule has 1 aromatic rings. The van der Waals surface area contributed by atoms with Gasteiger partial charge in [-0.05, 0) is 56.8 Å². The molecule has 2 rings (SSSR count). The van der Waals surface area contributed by atoms with Crippen molar-refractivity contribution in [1.29, 1.82) is 0 Å². The lowest BCUT2D eigenvalue weighted by molar-refractivity contribution is 0.368. The van der Waals surface area contributed by atoms with Gasteiger partial charge in [-0.3, -0.25) is 0 Å². The van der Waals surface area contributed by atoms with E-state index >= 15 is 0 Å². The van der Waals surface area contributed by atoms with Gasteiger partial charge in [0.25, 0.3) is 0 Å². The molecule has 1 aromatic carbocycles. The third kappa shape index (κ3) is 2.64. The zero-order valence-electron chi connectivity index (χ0n) is 9.52. The van der Waals surface area contributed by atoms with Crippen molar-refractivity contribution < 1.29 is 4.39 Å². The predicted molar refractivity (Wildman–Crippen MR) is 68.1 cm³/mol. The van der Waals surface area contributed by atoms with Gasteiger partial charge in [-0.25, -0.2) is 4.39 Å². The topological polar surface area (TPSA) is 12.0 Å². The SMILES string of the molecule is Cc1ccc(Br)c(CC2CCNCC2)c1F. The van der Waals surface area contributed by atoms with Gasteiger partial charge >= 0.3 is 0 Å². The summed E-state index contributed by atoms with van der Waals surface area (Å²) in [5.74, 6) is 0.585. The number of rotatable bonds is 2. The molecule has 3 heteroatoms. The van der Waals surface area contributed by atoms with E-state index in [9.17, 15) is 4.39 Å². The van der Waals surface area contributed by atoms with E-state index in [4.69, 9.17) is 0 Å². The molecule has 0 radical (unpaired) electrons. The molecule has 0 spiro atoms. The Balaban J connectivity index is 2.16. The Hall–Kier alpha value is -0.410. The van der Waals surface area contributed by atoms with E-state index in [1.807, 2.05) is 19.1 Å². The first kappa shape index (κ1) is 12.1. The first-order chi connectivity index (χ1) is 7.68. The monoisotopic (exact) mass is 285 g/mol. The van der Waals surface area contributed by atoms with E-state index in [1.54, 1.807) is 0 Å². The summed E-state index contributed by atoms with van der Waals surface area (Å²) in [5, 5.41) is 3.34. The molecule has 0 saturated carbocycles. The lowest BCUT2D eigenvalue weighted by Crippen LogP contribution is -2.28. The van der Waals surface area contributed by atoms with Gasteiger partial charge in [-0.2, -0.15) is 0 Å². The number of piperidine rings is 1. The number of aryl methyl sites for hydroxylation is 1. The van der Waals surface area contributed by atoms with E-state index in [0.717, 1.165) is 48.0 Å². The van der Waals surface area contributed by atoms with Crippen LogP contribution in [0, 0.1) is 18.7 Å². The fourth-order valence-corrected chi connectivity index (χ4v) is 2.74. The molecule has 1 aliphatic rings. The molecule has 88 valence electrons. The molecule has 0 bridgehead atoms. The minimum Gasteiger partial charge on any atom is -0.317 e. The molecule has 1 N–H and O–H groups in total. The molecule has 1 fully saturated rings. The second-order valence-corrected chi connectivity index (χ2v) is 5.41. The highest BCUT2D eigenvalue weighted by Crippen LogP contribution is 2.27. The summed E-state index contributed by atoms with van der Waals surface area (Å²) >= 11 is 3.45. The summed E-state index contributed by atoms with van der Waals surface area (Å²) in [7, 11) is 0. The first-order valence-corrected chi connectivity index (χ1v) is 6.62. The maximum absolute atomic E-state index is 14.0. The third-order valence-corrected chi connectivity index (χ3v) is 4.07. The van der Waals surface area contributed by atoms with Crippen LogP contribution in [-0.4, -0.2) is 13.1 Å². The number of benzene rings is 1. The van der Waals surface area contributed by atoms with Gasteiger partial charge in [-0.15, -0.1) is 0 Å². The van der Waals surface area contributed by atoms with Crippen LogP contribution in [0.4, 0.5) is 4.39 Å². The van der Waals surface area contributed by atoms with Crippen molar-refractivity contribution in [2.24, 2.45) is 5.92 Å². The van der Waals surface area contributed by atoms with Crippen LogP contribution in [0.5, 0.6) is 0 Å². The van der Waals surface area contributed by atoms with Crippen LogP contribution in [0.25, 0.3) is 0 Å². The Labute approximate surface area is 105 Å². The largest absolute Gasteiger partial charge is 0.317 e. The fourth-order valence-electron chi connectivity index (χ4n) is 2.28. The van der Waals surface area contributed by atoms with E-state index in [1.165, 1.54) is 0 Å². The van der Waals surface area contributed by atoms with Crippen LogP contribution in [0.3, 0.4) is 0 Å². The molecule has 1 nitrogen and oxygen atoms in total. The van der Waals surface area contributed by atoms with Crippen molar-refractivity contribution in [3.05, 3.63) is 33.5 Å². The Kier molecular flexibility index (Phi) is 3.98. The number of halogens is 2. The number of hydrogen-bond acceptors (Lipinski definition) is 1. The Morgan fingerprint density at radius 2 is 2.06 bits per heavy atom. The predicted octanol–water partition coefficient (Wildman–Crippen LogP) is 3.44. The van der Waals surface area contributed by atoms with Gasteiger partial charge in [0, 0.05) is 10.0 Å². The Morgan fingerprint density at radius 3 is 2.75 bits per heavy atom. The standard InChI is InChI=1S/C13H17BrFN/c1-9-2-3-12(14)11(13(9)15)8-10-4-6-16-7-5-10/h2-3,10,16H,4-8H2,1H3. The second kappa shape index (κ2) is 5.28. The van der Waals surface area contributed by atoms with Crippen LogP contribution in [-0.2, 0) is 6.42 Å². The zero-order valence-corrected chi connectivity index (χ0v) is 11.1. The number of nitrogens with one attached hydrogen (secondary N) is 1. The van der Waals surface area contributed by atoms with Crippen LogP contribution < -0.4 is 5.32 Å². The summed E-state index contributed by atoms with van der Waals surface area (Å²) < 4.78 is 14.9. The molecule has 1 aliphatic heterocycles. The molecular weight excluding hydrogens is 269 g/mol. The van der Waals surface area contributed by atoms with Crippen molar-refractivity contribution in [3.8, 4) is 0 Å². The molecular formula is C13H17BrFN. The molecule has 0 unspecified atom stereocenters. The second-order valence-electron chi connectivity index (χ2n) is 4.55. The van der Waals surface area contributed by atoms with E-state index in [2.05, 4.69) is 21.2 Å². The lowest BCUT2D eigenvalue weighted by Gasteiger charge is -2.23. The smallest absolute Gasteiger partial charge is 0.130 e. The molecule has 0 amide bonds. The summed E-state index contributed by atoms with van der Waals surface area (Å²) in [4.78, 5) is 0. The quantitative estimate of drug-likeness (QED) is 0.878. The van der Waals surface area contributed by atoms with Crippen LogP contribution >= 0.6 is 15.9 Å². The molecule has 0 aliphatic carbocycles. The highest BCUT2D eigenvalue weighted by Gasteiger charge is 2.18. The number of hydrogen-bond donors (Lipinski definition) is 1. The average Bonchev–Trinajstić information content (AvgIpc) is 2.31. The van der Waals surface area contributed by atoms with Gasteiger partial charge in [0.1, 0.15) is 5.82 Å². The average molecular weight is 286 g/mol. The van der Waals surface area contributed by atoms with Gasteiger partial charge in [0.15, 0.2) is 0 Å². The van der Waals surface area contributed by atoms with Crippen LogP contribution in [0.2, 0.25) is 0 Å². The Morgan fingerprint density at radius 1 is 1.38 bits per heavy atom. The van der Waals surface area contributed by atoms with Gasteiger partial charge in [-0.1, -0.05) is 22.0 Å². The highest BCUT2D eigenvalue weighted by molar-refractivity contribution is 9.10. The third-order valence-electron chi connectivity index (χ3n) is 3.33. The normalized spacial score (nSPS) is 17.7. The maximum atomic E-state index is 14.0. The molecule has 0 aromatic heterocycles. The van der Waals surface area contributed by atoms with Crippen LogP contribution in [0.15, 0.2) is 16.6 Å². The fraction of sp³-hybridized carbons (Fsp3) is 0.538. The van der Waals surface area contributed by atoms with Gasteiger partial charge in [0.05, 0.1) is 0 Å². The Bertz CT molecular complexity index is 372. The van der Waals surface area contributed by atoms with Crippen molar-refractivity contribution in [2.45, 2.75) is 26.2 Å². The molecule has 16 heavy (non-hydrogen) atoms. The summed E-state index contributed by atoms with van der Waals surface area (Å²) in [5.41, 5.74) is 1.60. The minimum atomic E-state index is -0.0343. The first-order valence-electron chi connectivity index (χ1n) is 5.82. The van der Waals surface area contributed by atoms with Crippen molar-refractivity contribution >= 4 is 15.9 Å². The molecule has 1 saturated heterocycles. The van der Waals surface area contributed by atoms with Crippen molar-refractivity contribution in [2.75, 3.05) is 13.1 Å². The van der Waals surface area contributed by atoms with Crippen molar-refractivity contribution in [3.63, 3.8) is 0 Å². The van der Waals surface area contributed by atoms with E-state index < -0.39 is 0 Å². The zero-order chi connectivity index (χ0) is 11.5. The minimum absolute atomic E-state index is 0.0343. The van der Waals surface area contributed by atoms with Crippen LogP contribution in [0.1, 0.15) is 24.0 Å². The molecule has 0 atom stereocenters. The lowest BCUT2D eigenvalue weighted by atomic mass is 9.90. The maximum Gasteiger partial charge on any atom is 0.130 e. The van der Waals surface area contributed by atoms with Gasteiger partial charge in [0.2, 0.25) is 0 Å². The van der Waals surface area contributed by atoms with E-state index in [-0.39, 0.29) is 5.82 Å². The summed E-state index contributed by atoms with van der Waals surface area (Å²) in [6, 6.07) is 3.78. The highest BCUT2D eigenvalue weighted by atomic mass is 79.9. The van der Waals surface area contributed by atoms with Gasteiger partial charge < -0.3 is 5.32 Å². The molecule has 1 heterocycles. The summed E-state index contributed by atoms with van der Waals surface area (Å²) in [6.45, 7) is 3.96. The van der Waals surface area contributed by atoms with Crippen molar-refractivity contribution in [1.82, 2.24) is 5.32 Å². The summed E-state index contributed by atoms with van der Waals surface area (Å²) in [6.07, 6.45) is 3.16. The van der Waals surface area contributed by atoms with E-state index in [0.29, 0.717) is 5.92 Å².